The lowest BCUT2D eigenvalue weighted by Gasteiger charge is -2.25. The quantitative estimate of drug-likeness (QED) is 0.775. The molecule has 2 rings (SSSR count). The predicted molar refractivity (Wildman–Crippen MR) is 59.0 cm³/mol. The zero-order chi connectivity index (χ0) is 10.7. The van der Waals surface area contributed by atoms with Gasteiger partial charge in [0, 0.05) is 18.9 Å². The third kappa shape index (κ3) is 1.90. The van der Waals surface area contributed by atoms with Crippen LogP contribution in [-0.4, -0.2) is 23.7 Å². The summed E-state index contributed by atoms with van der Waals surface area (Å²) in [5.74, 6) is 0.117. The van der Waals surface area contributed by atoms with Crippen LogP contribution in [0.4, 0.5) is 0 Å². The largest absolute Gasteiger partial charge is 0.316 e. The molecule has 1 amide bonds. The van der Waals surface area contributed by atoms with Gasteiger partial charge in [-0.2, -0.15) is 0 Å². The number of carbonyl (C=O) groups excluding carboxylic acids is 1. The van der Waals surface area contributed by atoms with Gasteiger partial charge in [0.15, 0.2) is 0 Å². The van der Waals surface area contributed by atoms with Crippen molar-refractivity contribution < 1.29 is 4.79 Å². The number of amides is 1. The number of rotatable bonds is 3. The van der Waals surface area contributed by atoms with Gasteiger partial charge in [-0.15, -0.1) is 0 Å². The fourth-order valence-corrected chi connectivity index (χ4v) is 2.04. The van der Waals surface area contributed by atoms with E-state index >= 15 is 0 Å². The molecule has 0 radical (unpaired) electrons. The standard InChI is InChI=1S/C11H17N3O/c1-2-11(5-6-12-9-11)10(15)13-14-7-3-4-8-14/h3-4,7-8,12H,2,5-6,9H2,1H3,(H,13,15). The Labute approximate surface area is 89.6 Å². The molecule has 0 aromatic carbocycles. The van der Waals surface area contributed by atoms with Gasteiger partial charge in [-0.05, 0) is 31.5 Å². The average molecular weight is 207 g/mol. The number of nitrogens with one attached hydrogen (secondary N) is 2. The summed E-state index contributed by atoms with van der Waals surface area (Å²) in [7, 11) is 0. The van der Waals surface area contributed by atoms with Crippen molar-refractivity contribution in [3.63, 3.8) is 0 Å². The molecule has 0 bridgehead atoms. The monoisotopic (exact) mass is 207 g/mol. The average Bonchev–Trinajstić information content (AvgIpc) is 2.87. The second kappa shape index (κ2) is 4.06. The van der Waals surface area contributed by atoms with Crippen molar-refractivity contribution in [3.8, 4) is 0 Å². The minimum atomic E-state index is -0.218. The fourth-order valence-electron chi connectivity index (χ4n) is 2.04. The molecule has 4 nitrogen and oxygen atoms in total. The lowest BCUT2D eigenvalue weighted by molar-refractivity contribution is -0.125. The Morgan fingerprint density at radius 3 is 2.80 bits per heavy atom. The van der Waals surface area contributed by atoms with E-state index in [2.05, 4.69) is 17.7 Å². The van der Waals surface area contributed by atoms with Crippen LogP contribution in [0, 0.1) is 5.41 Å². The molecule has 15 heavy (non-hydrogen) atoms. The summed E-state index contributed by atoms with van der Waals surface area (Å²) in [5, 5.41) is 3.25. The second-order valence-electron chi connectivity index (χ2n) is 4.09. The van der Waals surface area contributed by atoms with Crippen LogP contribution in [0.15, 0.2) is 24.5 Å². The van der Waals surface area contributed by atoms with Crippen molar-refractivity contribution in [1.29, 1.82) is 0 Å². The van der Waals surface area contributed by atoms with Crippen LogP contribution in [-0.2, 0) is 4.79 Å². The molecular weight excluding hydrogens is 190 g/mol. The first-order valence-electron chi connectivity index (χ1n) is 5.42. The first kappa shape index (κ1) is 10.2. The zero-order valence-electron chi connectivity index (χ0n) is 8.99. The maximum Gasteiger partial charge on any atom is 0.246 e. The highest BCUT2D eigenvalue weighted by atomic mass is 16.2. The third-order valence-electron chi connectivity index (χ3n) is 3.24. The van der Waals surface area contributed by atoms with E-state index < -0.39 is 0 Å². The van der Waals surface area contributed by atoms with Crippen LogP contribution in [0.25, 0.3) is 0 Å². The molecule has 1 aromatic heterocycles. The van der Waals surface area contributed by atoms with E-state index in [9.17, 15) is 4.79 Å². The Morgan fingerprint density at radius 2 is 2.27 bits per heavy atom. The van der Waals surface area contributed by atoms with E-state index in [1.807, 2.05) is 24.5 Å². The summed E-state index contributed by atoms with van der Waals surface area (Å²) < 4.78 is 1.71. The summed E-state index contributed by atoms with van der Waals surface area (Å²) >= 11 is 0. The van der Waals surface area contributed by atoms with Crippen LogP contribution < -0.4 is 10.7 Å². The number of aromatic nitrogens is 1. The Balaban J connectivity index is 2.06. The van der Waals surface area contributed by atoms with Gasteiger partial charge in [0.2, 0.25) is 5.91 Å². The van der Waals surface area contributed by atoms with Crippen LogP contribution >= 0.6 is 0 Å². The van der Waals surface area contributed by atoms with Crippen molar-refractivity contribution in [1.82, 2.24) is 9.99 Å². The van der Waals surface area contributed by atoms with Crippen LogP contribution in [0.3, 0.4) is 0 Å². The first-order chi connectivity index (χ1) is 7.27. The number of nitrogens with zero attached hydrogens (tertiary/aromatic N) is 1. The van der Waals surface area contributed by atoms with Crippen molar-refractivity contribution in [2.45, 2.75) is 19.8 Å². The van der Waals surface area contributed by atoms with Crippen LogP contribution in [0.1, 0.15) is 19.8 Å². The maximum absolute atomic E-state index is 12.1. The summed E-state index contributed by atoms with van der Waals surface area (Å²) in [6, 6.07) is 3.79. The van der Waals surface area contributed by atoms with Gasteiger partial charge in [0.1, 0.15) is 0 Å². The molecule has 1 saturated heterocycles. The molecule has 1 aliphatic heterocycles. The van der Waals surface area contributed by atoms with Gasteiger partial charge in [-0.3, -0.25) is 14.9 Å². The molecule has 1 atom stereocenters. The van der Waals surface area contributed by atoms with E-state index in [4.69, 9.17) is 0 Å². The van der Waals surface area contributed by atoms with E-state index in [-0.39, 0.29) is 11.3 Å². The Kier molecular flexibility index (Phi) is 2.77. The van der Waals surface area contributed by atoms with Crippen molar-refractivity contribution in [2.75, 3.05) is 18.5 Å². The van der Waals surface area contributed by atoms with Crippen molar-refractivity contribution in [3.05, 3.63) is 24.5 Å². The van der Waals surface area contributed by atoms with Gasteiger partial charge in [0.25, 0.3) is 0 Å². The molecule has 0 saturated carbocycles. The molecule has 0 aliphatic carbocycles. The maximum atomic E-state index is 12.1. The van der Waals surface area contributed by atoms with E-state index in [1.54, 1.807) is 4.68 Å². The Bertz CT molecular complexity index is 326. The molecule has 2 N–H and O–H groups in total. The van der Waals surface area contributed by atoms with Crippen LogP contribution in [0.5, 0.6) is 0 Å². The highest BCUT2D eigenvalue weighted by molar-refractivity contribution is 5.90. The normalized spacial score (nSPS) is 25.4. The van der Waals surface area contributed by atoms with E-state index in [1.165, 1.54) is 0 Å². The van der Waals surface area contributed by atoms with Gasteiger partial charge < -0.3 is 5.32 Å². The number of carbonyl (C=O) groups is 1. The molecule has 1 aliphatic rings. The Hall–Kier alpha value is -1.29. The summed E-state index contributed by atoms with van der Waals surface area (Å²) in [6.45, 7) is 3.80. The molecule has 82 valence electrons. The topological polar surface area (TPSA) is 46.1 Å². The SMILES string of the molecule is CCC1(C(=O)Nn2cccc2)CCNC1. The van der Waals surface area contributed by atoms with Gasteiger partial charge in [0.05, 0.1) is 5.41 Å². The molecule has 4 heteroatoms. The molecule has 1 fully saturated rings. The summed E-state index contributed by atoms with van der Waals surface area (Å²) in [6.07, 6.45) is 5.48. The number of hydrogen-bond acceptors (Lipinski definition) is 2. The smallest absolute Gasteiger partial charge is 0.246 e. The summed E-state index contributed by atoms with van der Waals surface area (Å²) in [5.41, 5.74) is 2.68. The highest BCUT2D eigenvalue weighted by Crippen LogP contribution is 2.29. The minimum absolute atomic E-state index is 0.117. The van der Waals surface area contributed by atoms with E-state index in [0.717, 1.165) is 25.9 Å². The first-order valence-corrected chi connectivity index (χ1v) is 5.42. The molecule has 1 aromatic rings. The Morgan fingerprint density at radius 1 is 1.53 bits per heavy atom. The summed E-state index contributed by atoms with van der Waals surface area (Å²) in [4.78, 5) is 12.1. The molecule has 2 heterocycles. The highest BCUT2D eigenvalue weighted by Gasteiger charge is 2.39. The predicted octanol–water partition coefficient (Wildman–Crippen LogP) is 0.948. The third-order valence-corrected chi connectivity index (χ3v) is 3.24. The molecular formula is C11H17N3O. The molecule has 1 unspecified atom stereocenters. The van der Waals surface area contributed by atoms with Gasteiger partial charge in [-0.1, -0.05) is 6.92 Å². The number of hydrogen-bond donors (Lipinski definition) is 2. The van der Waals surface area contributed by atoms with Gasteiger partial charge in [-0.25, -0.2) is 0 Å². The lowest BCUT2D eigenvalue weighted by atomic mass is 9.83. The van der Waals surface area contributed by atoms with Gasteiger partial charge >= 0.3 is 0 Å². The van der Waals surface area contributed by atoms with E-state index in [0.29, 0.717) is 0 Å². The lowest BCUT2D eigenvalue weighted by Crippen LogP contribution is -2.40. The minimum Gasteiger partial charge on any atom is -0.316 e. The zero-order valence-corrected chi connectivity index (χ0v) is 8.99. The van der Waals surface area contributed by atoms with Crippen molar-refractivity contribution >= 4 is 5.91 Å². The second-order valence-corrected chi connectivity index (χ2v) is 4.09. The van der Waals surface area contributed by atoms with Crippen LogP contribution in [0.2, 0.25) is 0 Å². The molecule has 0 spiro atoms. The van der Waals surface area contributed by atoms with Crippen molar-refractivity contribution in [2.24, 2.45) is 5.41 Å². The fraction of sp³-hybridized carbons (Fsp3) is 0.545.